The maximum atomic E-state index is 12.8. The van der Waals surface area contributed by atoms with E-state index in [1.54, 1.807) is 43.8 Å². The quantitative estimate of drug-likeness (QED) is 0.635. The van der Waals surface area contributed by atoms with Gasteiger partial charge in [0, 0.05) is 37.9 Å². The number of benzene rings is 1. The average Bonchev–Trinajstić information content (AvgIpc) is 3.28. The lowest BCUT2D eigenvalue weighted by molar-refractivity contribution is -0.112. The molecule has 0 aliphatic carbocycles. The maximum absolute atomic E-state index is 12.8. The monoisotopic (exact) mass is 439 g/mol. The summed E-state index contributed by atoms with van der Waals surface area (Å²) >= 11 is 1.35. The summed E-state index contributed by atoms with van der Waals surface area (Å²) in [6, 6.07) is 8.91. The zero-order valence-corrected chi connectivity index (χ0v) is 18.1. The molecule has 0 saturated carbocycles. The third-order valence-corrected chi connectivity index (χ3v) is 6.34. The summed E-state index contributed by atoms with van der Waals surface area (Å²) in [7, 11) is 1.56. The van der Waals surface area contributed by atoms with Crippen LogP contribution in [0.3, 0.4) is 0 Å². The Balaban J connectivity index is 1.35. The van der Waals surface area contributed by atoms with Crippen LogP contribution in [0.15, 0.2) is 53.7 Å². The summed E-state index contributed by atoms with van der Waals surface area (Å²) < 4.78 is 5.17. The number of piperazine rings is 1. The normalized spacial score (nSPS) is 18.3. The standard InChI is InChI=1S/C22H25N5O3S/c1-30-16-4-2-3-15(13-16)21(28)26-20-6-5-19(31-20)22(29)25-17-14-24-8-7-18(17)27-11-9-23-10-12-27/h2-5,7-8,13-14,20,23H,6,9-12H2,1H3,(H,25,29)(H,26,28). The molecule has 8 nitrogen and oxygen atoms in total. The van der Waals surface area contributed by atoms with Gasteiger partial charge in [-0.05, 0) is 30.7 Å². The van der Waals surface area contributed by atoms with Gasteiger partial charge in [-0.1, -0.05) is 23.9 Å². The van der Waals surface area contributed by atoms with Crippen LogP contribution >= 0.6 is 11.8 Å². The number of nitrogens with zero attached hydrogens (tertiary/aromatic N) is 2. The molecule has 2 amide bonds. The Morgan fingerprint density at radius 2 is 2.06 bits per heavy atom. The Morgan fingerprint density at radius 1 is 1.23 bits per heavy atom. The van der Waals surface area contributed by atoms with Crippen molar-refractivity contribution in [2.24, 2.45) is 0 Å². The molecule has 3 heterocycles. The van der Waals surface area contributed by atoms with Crippen molar-refractivity contribution < 1.29 is 14.3 Å². The SMILES string of the molecule is COc1cccc(C(=O)NC2CC=C(C(=O)Nc3cnccc3N3CCNCC3)S2)c1. The molecule has 1 fully saturated rings. The number of carbonyl (C=O) groups excluding carboxylic acids is 2. The van der Waals surface area contributed by atoms with Gasteiger partial charge < -0.3 is 25.6 Å². The van der Waals surface area contributed by atoms with Crippen LogP contribution in [-0.4, -0.2) is 55.5 Å². The minimum absolute atomic E-state index is 0.187. The van der Waals surface area contributed by atoms with E-state index in [9.17, 15) is 9.59 Å². The number of hydrogen-bond acceptors (Lipinski definition) is 7. The number of rotatable bonds is 6. The minimum Gasteiger partial charge on any atom is -0.497 e. The first-order valence-electron chi connectivity index (χ1n) is 10.2. The van der Waals surface area contributed by atoms with Crippen LogP contribution in [0.1, 0.15) is 16.8 Å². The van der Waals surface area contributed by atoms with E-state index in [1.165, 1.54) is 11.8 Å². The molecule has 2 aliphatic heterocycles. The fraction of sp³-hybridized carbons (Fsp3) is 0.318. The number of amides is 2. The zero-order valence-electron chi connectivity index (χ0n) is 17.3. The highest BCUT2D eigenvalue weighted by Crippen LogP contribution is 2.33. The summed E-state index contributed by atoms with van der Waals surface area (Å²) in [6.07, 6.45) is 5.86. The third-order valence-electron chi connectivity index (χ3n) is 5.14. The molecule has 2 aromatic rings. The van der Waals surface area contributed by atoms with E-state index in [0.717, 1.165) is 31.9 Å². The highest BCUT2D eigenvalue weighted by Gasteiger charge is 2.25. The second-order valence-electron chi connectivity index (χ2n) is 7.20. The lowest BCUT2D eigenvalue weighted by Crippen LogP contribution is -2.43. The highest BCUT2D eigenvalue weighted by atomic mass is 32.2. The van der Waals surface area contributed by atoms with Crippen molar-refractivity contribution in [1.29, 1.82) is 0 Å². The fourth-order valence-electron chi connectivity index (χ4n) is 3.54. The van der Waals surface area contributed by atoms with Crippen LogP contribution in [-0.2, 0) is 4.79 Å². The molecular weight excluding hydrogens is 414 g/mol. The van der Waals surface area contributed by atoms with Crippen molar-refractivity contribution >= 4 is 35.0 Å². The molecule has 1 aromatic carbocycles. The number of anilines is 2. The first-order valence-corrected chi connectivity index (χ1v) is 11.0. The van der Waals surface area contributed by atoms with Crippen LogP contribution in [0, 0.1) is 0 Å². The predicted octanol–water partition coefficient (Wildman–Crippen LogP) is 2.22. The molecule has 31 heavy (non-hydrogen) atoms. The number of hydrogen-bond donors (Lipinski definition) is 3. The number of pyridine rings is 1. The van der Waals surface area contributed by atoms with E-state index < -0.39 is 0 Å². The van der Waals surface area contributed by atoms with Crippen molar-refractivity contribution in [2.45, 2.75) is 11.8 Å². The first kappa shape index (κ1) is 21.2. The molecule has 9 heteroatoms. The van der Waals surface area contributed by atoms with E-state index in [4.69, 9.17) is 4.74 Å². The first-order chi connectivity index (χ1) is 15.1. The zero-order chi connectivity index (χ0) is 21.6. The molecule has 162 valence electrons. The Labute approximate surface area is 185 Å². The smallest absolute Gasteiger partial charge is 0.261 e. The molecular formula is C22H25N5O3S. The molecule has 1 atom stereocenters. The van der Waals surface area contributed by atoms with Gasteiger partial charge in [-0.15, -0.1) is 0 Å². The van der Waals surface area contributed by atoms with E-state index >= 15 is 0 Å². The third kappa shape index (κ3) is 5.18. The van der Waals surface area contributed by atoms with Crippen LogP contribution in [0.2, 0.25) is 0 Å². The molecule has 0 spiro atoms. The second kappa shape index (κ2) is 9.84. The van der Waals surface area contributed by atoms with E-state index in [2.05, 4.69) is 25.8 Å². The van der Waals surface area contributed by atoms with Gasteiger partial charge in [-0.3, -0.25) is 14.6 Å². The van der Waals surface area contributed by atoms with Gasteiger partial charge in [-0.25, -0.2) is 0 Å². The van der Waals surface area contributed by atoms with Crippen LogP contribution in [0.5, 0.6) is 5.75 Å². The molecule has 0 bridgehead atoms. The van der Waals surface area contributed by atoms with Crippen molar-refractivity contribution in [3.63, 3.8) is 0 Å². The summed E-state index contributed by atoms with van der Waals surface area (Å²) in [5, 5.41) is 9.09. The lowest BCUT2D eigenvalue weighted by atomic mass is 10.2. The molecule has 2 aliphatic rings. The van der Waals surface area contributed by atoms with Crippen molar-refractivity contribution in [2.75, 3.05) is 43.5 Å². The number of nitrogens with one attached hydrogen (secondary N) is 3. The van der Waals surface area contributed by atoms with Gasteiger partial charge in [0.25, 0.3) is 11.8 Å². The van der Waals surface area contributed by atoms with Crippen molar-refractivity contribution in [3.05, 3.63) is 59.3 Å². The Bertz CT molecular complexity index is 991. The average molecular weight is 440 g/mol. The minimum atomic E-state index is -0.195. The van der Waals surface area contributed by atoms with E-state index in [0.29, 0.717) is 28.3 Å². The van der Waals surface area contributed by atoms with Gasteiger partial charge in [0.15, 0.2) is 0 Å². The van der Waals surface area contributed by atoms with Crippen molar-refractivity contribution in [1.82, 2.24) is 15.6 Å². The van der Waals surface area contributed by atoms with Gasteiger partial charge in [-0.2, -0.15) is 0 Å². The molecule has 1 unspecified atom stereocenters. The van der Waals surface area contributed by atoms with Crippen molar-refractivity contribution in [3.8, 4) is 5.75 Å². The number of ether oxygens (including phenoxy) is 1. The summed E-state index contributed by atoms with van der Waals surface area (Å²) in [6.45, 7) is 3.57. The van der Waals surface area contributed by atoms with Gasteiger partial charge >= 0.3 is 0 Å². The number of carbonyl (C=O) groups is 2. The second-order valence-corrected chi connectivity index (χ2v) is 8.44. The van der Waals surface area contributed by atoms with E-state index in [-0.39, 0.29) is 17.2 Å². The molecule has 0 radical (unpaired) electrons. The molecule has 4 rings (SSSR count). The predicted molar refractivity (Wildman–Crippen MR) is 122 cm³/mol. The van der Waals surface area contributed by atoms with E-state index in [1.807, 2.05) is 12.1 Å². The maximum Gasteiger partial charge on any atom is 0.261 e. The summed E-state index contributed by atoms with van der Waals surface area (Å²) in [4.78, 5) is 32.4. The summed E-state index contributed by atoms with van der Waals surface area (Å²) in [5.41, 5.74) is 2.19. The topological polar surface area (TPSA) is 95.6 Å². The Hall–Kier alpha value is -3.04. The Morgan fingerprint density at radius 3 is 2.87 bits per heavy atom. The highest BCUT2D eigenvalue weighted by molar-refractivity contribution is 8.04. The lowest BCUT2D eigenvalue weighted by Gasteiger charge is -2.30. The van der Waals surface area contributed by atoms with Crippen LogP contribution in [0.4, 0.5) is 11.4 Å². The molecule has 3 N–H and O–H groups in total. The Kier molecular flexibility index (Phi) is 6.73. The number of thioether (sulfide) groups is 1. The fourth-order valence-corrected chi connectivity index (χ4v) is 4.56. The van der Waals surface area contributed by atoms with Gasteiger partial charge in [0.1, 0.15) is 5.75 Å². The van der Waals surface area contributed by atoms with Crippen LogP contribution in [0.25, 0.3) is 0 Å². The van der Waals surface area contributed by atoms with Gasteiger partial charge in [0.05, 0.1) is 35.0 Å². The van der Waals surface area contributed by atoms with Gasteiger partial charge in [0.2, 0.25) is 0 Å². The number of aromatic nitrogens is 1. The molecule has 1 aromatic heterocycles. The number of methoxy groups -OCH3 is 1. The molecule has 1 saturated heterocycles. The largest absolute Gasteiger partial charge is 0.497 e. The summed E-state index contributed by atoms with van der Waals surface area (Å²) in [5.74, 6) is 0.244. The van der Waals surface area contributed by atoms with Crippen LogP contribution < -0.4 is 25.6 Å².